The van der Waals surface area contributed by atoms with Gasteiger partial charge in [0.1, 0.15) is 6.04 Å². The van der Waals surface area contributed by atoms with E-state index in [4.69, 9.17) is 0 Å². The first kappa shape index (κ1) is 20.3. The molecule has 3 unspecified atom stereocenters. The Morgan fingerprint density at radius 3 is 2.86 bits per heavy atom. The van der Waals surface area contributed by atoms with E-state index in [0.29, 0.717) is 17.9 Å². The fourth-order valence-electron chi connectivity index (χ4n) is 3.76. The topological polar surface area (TPSA) is 94.9 Å². The minimum Gasteiger partial charge on any atom is -0.349 e. The third-order valence-electron chi connectivity index (χ3n) is 5.19. The van der Waals surface area contributed by atoms with Gasteiger partial charge in [0.05, 0.1) is 27.7 Å². The zero-order valence-electron chi connectivity index (χ0n) is 16.3. The van der Waals surface area contributed by atoms with E-state index in [2.05, 4.69) is 21.7 Å². The predicted octanol–water partition coefficient (Wildman–Crippen LogP) is 3.64. The number of nitriles is 1. The second-order valence-electron chi connectivity index (χ2n) is 7.83. The molecule has 2 aromatic rings. The Bertz CT molecular complexity index is 886. The number of hydrogen-bond donors (Lipinski definition) is 2. The van der Waals surface area contributed by atoms with Gasteiger partial charge in [-0.3, -0.25) is 9.59 Å². The van der Waals surface area contributed by atoms with Crippen LogP contribution < -0.4 is 10.6 Å². The van der Waals surface area contributed by atoms with E-state index in [1.165, 1.54) is 11.3 Å². The van der Waals surface area contributed by atoms with Crippen LogP contribution in [0.3, 0.4) is 0 Å². The summed E-state index contributed by atoms with van der Waals surface area (Å²) in [5.74, 6) is -0.268. The monoisotopic (exact) mass is 398 g/mol. The first-order valence-electron chi connectivity index (χ1n) is 9.82. The molecular weight excluding hydrogens is 372 g/mol. The highest BCUT2D eigenvalue weighted by Crippen LogP contribution is 2.26. The van der Waals surface area contributed by atoms with E-state index in [-0.39, 0.29) is 23.8 Å². The summed E-state index contributed by atoms with van der Waals surface area (Å²) < 4.78 is 0.969. The Labute approximate surface area is 169 Å². The summed E-state index contributed by atoms with van der Waals surface area (Å²) in [6.07, 6.45) is 4.06. The lowest BCUT2D eigenvalue weighted by Gasteiger charge is -2.32. The van der Waals surface area contributed by atoms with Crippen molar-refractivity contribution in [1.82, 2.24) is 15.6 Å². The molecule has 0 radical (unpaired) electrons. The number of fused-ring (bicyclic) bond motifs is 1. The minimum atomic E-state index is -0.487. The number of benzene rings is 1. The number of nitrogens with zero attached hydrogens (tertiary/aromatic N) is 2. The molecule has 6 nitrogen and oxygen atoms in total. The van der Waals surface area contributed by atoms with Gasteiger partial charge in [-0.05, 0) is 43.4 Å². The van der Waals surface area contributed by atoms with Crippen LogP contribution in [0.15, 0.2) is 23.7 Å². The predicted molar refractivity (Wildman–Crippen MR) is 110 cm³/mol. The van der Waals surface area contributed by atoms with E-state index in [0.717, 1.165) is 35.9 Å². The Balaban J connectivity index is 1.67. The van der Waals surface area contributed by atoms with Crippen LogP contribution in [0.5, 0.6) is 0 Å². The van der Waals surface area contributed by atoms with Gasteiger partial charge in [-0.1, -0.05) is 26.7 Å². The van der Waals surface area contributed by atoms with Crippen molar-refractivity contribution in [2.75, 3.05) is 0 Å². The normalized spacial score (nSPS) is 20.5. The van der Waals surface area contributed by atoms with Crippen molar-refractivity contribution in [3.63, 3.8) is 0 Å². The number of carbonyl (C=O) groups is 2. The van der Waals surface area contributed by atoms with Crippen LogP contribution in [0.2, 0.25) is 0 Å². The lowest BCUT2D eigenvalue weighted by atomic mass is 9.83. The van der Waals surface area contributed by atoms with Crippen LogP contribution in [0.4, 0.5) is 0 Å². The molecule has 1 aliphatic rings. The first-order chi connectivity index (χ1) is 13.5. The van der Waals surface area contributed by atoms with Crippen molar-refractivity contribution >= 4 is 33.4 Å². The molecule has 0 bridgehead atoms. The summed E-state index contributed by atoms with van der Waals surface area (Å²) in [4.78, 5) is 29.8. The smallest absolute Gasteiger partial charge is 0.251 e. The molecule has 1 fully saturated rings. The van der Waals surface area contributed by atoms with Gasteiger partial charge in [0.2, 0.25) is 5.91 Å². The van der Waals surface area contributed by atoms with Crippen LogP contribution in [0.1, 0.15) is 56.3 Å². The van der Waals surface area contributed by atoms with Gasteiger partial charge in [-0.25, -0.2) is 4.98 Å². The van der Waals surface area contributed by atoms with Gasteiger partial charge in [-0.15, -0.1) is 11.3 Å². The molecular formula is C21H26N4O2S. The molecule has 3 rings (SSSR count). The Hall–Kier alpha value is -2.46. The van der Waals surface area contributed by atoms with Gasteiger partial charge in [0.25, 0.3) is 5.91 Å². The summed E-state index contributed by atoms with van der Waals surface area (Å²) in [7, 11) is 0. The highest BCUT2D eigenvalue weighted by molar-refractivity contribution is 7.16. The lowest BCUT2D eigenvalue weighted by molar-refractivity contribution is -0.127. The van der Waals surface area contributed by atoms with Crippen molar-refractivity contribution in [3.05, 3.63) is 29.3 Å². The van der Waals surface area contributed by atoms with Gasteiger partial charge < -0.3 is 10.6 Å². The zero-order valence-corrected chi connectivity index (χ0v) is 17.1. The van der Waals surface area contributed by atoms with Gasteiger partial charge in [0, 0.05) is 11.6 Å². The van der Waals surface area contributed by atoms with E-state index in [1.54, 1.807) is 11.6 Å². The third kappa shape index (κ3) is 4.87. The van der Waals surface area contributed by atoms with Crippen molar-refractivity contribution in [2.24, 2.45) is 11.8 Å². The zero-order chi connectivity index (χ0) is 20.1. The maximum atomic E-state index is 12.8. The quantitative estimate of drug-likeness (QED) is 0.777. The molecule has 1 heterocycles. The SMILES string of the molecule is CC(C)CC(C#N)NC(=O)C1CCCCC1NC(=O)c1ccc2ncsc2c1. The van der Waals surface area contributed by atoms with Crippen molar-refractivity contribution in [2.45, 2.75) is 58.0 Å². The van der Waals surface area contributed by atoms with Gasteiger partial charge in [-0.2, -0.15) is 5.26 Å². The van der Waals surface area contributed by atoms with Gasteiger partial charge in [0.15, 0.2) is 0 Å². The molecule has 1 aromatic carbocycles. The van der Waals surface area contributed by atoms with E-state index < -0.39 is 6.04 Å². The summed E-state index contributed by atoms with van der Waals surface area (Å²) in [6.45, 7) is 4.06. The van der Waals surface area contributed by atoms with Crippen molar-refractivity contribution in [3.8, 4) is 6.07 Å². The standard InChI is InChI=1S/C21H26N4O2S/c1-13(2)9-15(11-22)24-21(27)16-5-3-4-6-17(16)25-20(26)14-7-8-18-19(10-14)28-12-23-18/h7-8,10,12-13,15-17H,3-6,9H2,1-2H3,(H,24,27)(H,25,26). The number of rotatable bonds is 6. The summed E-state index contributed by atoms with van der Waals surface area (Å²) in [5, 5.41) is 15.2. The fraction of sp³-hybridized carbons (Fsp3) is 0.524. The molecule has 1 aliphatic carbocycles. The molecule has 2 amide bonds. The Kier molecular flexibility index (Phi) is 6.63. The van der Waals surface area contributed by atoms with E-state index in [1.807, 2.05) is 26.0 Å². The molecule has 28 heavy (non-hydrogen) atoms. The number of nitrogens with one attached hydrogen (secondary N) is 2. The second-order valence-corrected chi connectivity index (χ2v) is 8.71. The molecule has 1 saturated carbocycles. The summed E-state index contributed by atoms with van der Waals surface area (Å²) in [5.41, 5.74) is 3.22. The Morgan fingerprint density at radius 2 is 2.11 bits per heavy atom. The van der Waals surface area contributed by atoms with E-state index >= 15 is 0 Å². The van der Waals surface area contributed by atoms with Crippen LogP contribution in [0.25, 0.3) is 10.2 Å². The maximum Gasteiger partial charge on any atom is 0.251 e. The highest BCUT2D eigenvalue weighted by Gasteiger charge is 2.33. The number of thiazole rings is 1. The van der Waals surface area contributed by atoms with E-state index in [9.17, 15) is 14.9 Å². The average molecular weight is 399 g/mol. The first-order valence-corrected chi connectivity index (χ1v) is 10.7. The maximum absolute atomic E-state index is 12.8. The number of hydrogen-bond acceptors (Lipinski definition) is 5. The molecule has 148 valence electrons. The van der Waals surface area contributed by atoms with Crippen LogP contribution >= 0.6 is 11.3 Å². The number of amides is 2. The molecule has 0 spiro atoms. The largest absolute Gasteiger partial charge is 0.349 e. The minimum absolute atomic E-state index is 0.130. The van der Waals surface area contributed by atoms with Crippen molar-refractivity contribution in [1.29, 1.82) is 5.26 Å². The third-order valence-corrected chi connectivity index (χ3v) is 5.98. The lowest BCUT2D eigenvalue weighted by Crippen LogP contribution is -2.50. The van der Waals surface area contributed by atoms with Crippen LogP contribution in [-0.4, -0.2) is 28.9 Å². The van der Waals surface area contributed by atoms with Crippen LogP contribution in [0, 0.1) is 23.2 Å². The van der Waals surface area contributed by atoms with Crippen molar-refractivity contribution < 1.29 is 9.59 Å². The summed E-state index contributed by atoms with van der Waals surface area (Å²) >= 11 is 1.50. The molecule has 0 saturated heterocycles. The highest BCUT2D eigenvalue weighted by atomic mass is 32.1. The molecule has 3 atom stereocenters. The average Bonchev–Trinajstić information content (AvgIpc) is 3.15. The molecule has 0 aliphatic heterocycles. The molecule has 7 heteroatoms. The second kappa shape index (κ2) is 9.16. The Morgan fingerprint density at radius 1 is 1.32 bits per heavy atom. The molecule has 2 N–H and O–H groups in total. The summed E-state index contributed by atoms with van der Waals surface area (Å²) in [6, 6.07) is 6.93. The fourth-order valence-corrected chi connectivity index (χ4v) is 4.48. The molecule has 1 aromatic heterocycles. The van der Waals surface area contributed by atoms with Gasteiger partial charge >= 0.3 is 0 Å². The van der Waals surface area contributed by atoms with Crippen LogP contribution in [-0.2, 0) is 4.79 Å². The number of aromatic nitrogens is 1. The number of carbonyl (C=O) groups excluding carboxylic acids is 2.